The van der Waals surface area contributed by atoms with E-state index in [1.54, 1.807) is 0 Å². The van der Waals surface area contributed by atoms with Gasteiger partial charge < -0.3 is 9.80 Å². The predicted octanol–water partition coefficient (Wildman–Crippen LogP) is 3.88. The number of aliphatic imine (C=N–C) groups is 1. The monoisotopic (exact) mass is 298 g/mol. The molecule has 4 heteroatoms. The van der Waals surface area contributed by atoms with E-state index in [2.05, 4.69) is 51.0 Å². The van der Waals surface area contributed by atoms with Crippen LogP contribution in [0.25, 0.3) is 0 Å². The molecule has 0 aromatic heterocycles. The Labute approximate surface area is 129 Å². The summed E-state index contributed by atoms with van der Waals surface area (Å²) >= 11 is 0. The number of hydrogen-bond acceptors (Lipinski definition) is 1. The first-order valence-electron chi connectivity index (χ1n) is 8.21. The van der Waals surface area contributed by atoms with E-state index >= 15 is 0 Å². The van der Waals surface area contributed by atoms with Gasteiger partial charge in [-0.2, -0.15) is 0 Å². The van der Waals surface area contributed by atoms with Gasteiger partial charge in [0.15, 0.2) is 5.96 Å². The molecular formula is C16H36N3Si. The van der Waals surface area contributed by atoms with Crippen LogP contribution in [0.1, 0.15) is 51.9 Å². The van der Waals surface area contributed by atoms with Gasteiger partial charge in [-0.05, 0) is 6.42 Å². The first-order valence-corrected chi connectivity index (χ1v) is 10.9. The van der Waals surface area contributed by atoms with Gasteiger partial charge in [-0.3, -0.25) is 4.99 Å². The summed E-state index contributed by atoms with van der Waals surface area (Å²) < 4.78 is 0. The predicted molar refractivity (Wildman–Crippen MR) is 94.1 cm³/mol. The van der Waals surface area contributed by atoms with Crippen LogP contribution in [0.3, 0.4) is 0 Å². The highest BCUT2D eigenvalue weighted by molar-refractivity contribution is 6.56. The molecule has 0 aromatic rings. The highest BCUT2D eigenvalue weighted by Crippen LogP contribution is 2.07. The number of guanidine groups is 1. The maximum absolute atomic E-state index is 4.79. The molecule has 0 saturated carbocycles. The van der Waals surface area contributed by atoms with Crippen molar-refractivity contribution in [3.63, 3.8) is 0 Å². The lowest BCUT2D eigenvalue weighted by atomic mass is 10.1. The van der Waals surface area contributed by atoms with Gasteiger partial charge in [-0.15, -0.1) is 0 Å². The van der Waals surface area contributed by atoms with Gasteiger partial charge in [0.05, 0.1) is 8.80 Å². The van der Waals surface area contributed by atoms with Crippen molar-refractivity contribution < 1.29 is 0 Å². The third-order valence-corrected chi connectivity index (χ3v) is 4.42. The van der Waals surface area contributed by atoms with Crippen LogP contribution in [0.15, 0.2) is 4.99 Å². The molecule has 0 aliphatic heterocycles. The number of rotatable bonds is 10. The van der Waals surface area contributed by atoms with Crippen molar-refractivity contribution in [3.8, 4) is 0 Å². The minimum atomic E-state index is -0.240. The van der Waals surface area contributed by atoms with E-state index in [9.17, 15) is 0 Å². The number of unbranched alkanes of at least 4 members (excludes halogenated alkanes) is 6. The van der Waals surface area contributed by atoms with E-state index in [1.165, 1.54) is 51.1 Å². The molecule has 0 spiro atoms. The van der Waals surface area contributed by atoms with Gasteiger partial charge in [0.25, 0.3) is 0 Å². The maximum atomic E-state index is 4.79. The quantitative estimate of drug-likeness (QED) is 0.264. The average molecular weight is 299 g/mol. The van der Waals surface area contributed by atoms with Crippen LogP contribution >= 0.6 is 0 Å². The molecule has 0 atom stereocenters. The zero-order chi connectivity index (χ0) is 15.4. The summed E-state index contributed by atoms with van der Waals surface area (Å²) in [6.45, 7) is 7.95. The number of nitrogens with zero attached hydrogens (tertiary/aromatic N) is 3. The Bertz CT molecular complexity index is 252. The molecule has 20 heavy (non-hydrogen) atoms. The Morgan fingerprint density at radius 2 is 1.45 bits per heavy atom. The van der Waals surface area contributed by atoms with E-state index in [0.717, 1.165) is 12.5 Å². The fourth-order valence-electron chi connectivity index (χ4n) is 2.40. The molecule has 0 heterocycles. The van der Waals surface area contributed by atoms with Crippen molar-refractivity contribution in [3.05, 3.63) is 0 Å². The van der Waals surface area contributed by atoms with Gasteiger partial charge in [0.1, 0.15) is 0 Å². The van der Waals surface area contributed by atoms with E-state index in [4.69, 9.17) is 4.99 Å². The third kappa shape index (κ3) is 10.3. The highest BCUT2D eigenvalue weighted by Gasteiger charge is 2.10. The van der Waals surface area contributed by atoms with Crippen LogP contribution in [-0.4, -0.2) is 58.4 Å². The first-order chi connectivity index (χ1) is 9.49. The smallest absolute Gasteiger partial charge is 0.195 e. The SMILES string of the molecule is CCCCCCCCCN=C(N(C)C)N(C)C[Si](C)C. The molecule has 119 valence electrons. The molecule has 0 aromatic carbocycles. The van der Waals surface area contributed by atoms with Crippen molar-refractivity contribution in [2.24, 2.45) is 4.99 Å². The molecule has 0 fully saturated rings. The minimum absolute atomic E-state index is 0.240. The molecule has 0 aliphatic rings. The summed E-state index contributed by atoms with van der Waals surface area (Å²) in [7, 11) is 6.12. The zero-order valence-corrected chi connectivity index (χ0v) is 15.7. The highest BCUT2D eigenvalue weighted by atomic mass is 28.3. The lowest BCUT2D eigenvalue weighted by molar-refractivity contribution is 0.462. The largest absolute Gasteiger partial charge is 0.349 e. The van der Waals surface area contributed by atoms with E-state index in [0.29, 0.717) is 0 Å². The molecule has 0 unspecified atom stereocenters. The molecule has 0 saturated heterocycles. The molecule has 1 radical (unpaired) electrons. The average Bonchev–Trinajstić information content (AvgIpc) is 2.35. The number of hydrogen-bond donors (Lipinski definition) is 0. The Morgan fingerprint density at radius 3 is 1.95 bits per heavy atom. The van der Waals surface area contributed by atoms with Crippen LogP contribution in [-0.2, 0) is 0 Å². The summed E-state index contributed by atoms with van der Waals surface area (Å²) in [6, 6.07) is 0. The van der Waals surface area contributed by atoms with Gasteiger partial charge in [-0.1, -0.05) is 58.5 Å². The fraction of sp³-hybridized carbons (Fsp3) is 0.938. The maximum Gasteiger partial charge on any atom is 0.195 e. The summed E-state index contributed by atoms with van der Waals surface area (Å²) in [4.78, 5) is 9.25. The second kappa shape index (κ2) is 12.2. The molecule has 0 rings (SSSR count). The third-order valence-electron chi connectivity index (χ3n) is 3.31. The Morgan fingerprint density at radius 1 is 0.900 bits per heavy atom. The molecule has 0 N–H and O–H groups in total. The zero-order valence-electron chi connectivity index (χ0n) is 14.7. The summed E-state index contributed by atoms with van der Waals surface area (Å²) in [5.41, 5.74) is 0. The Hall–Kier alpha value is -0.513. The molecule has 0 amide bonds. The lowest BCUT2D eigenvalue weighted by Gasteiger charge is -2.27. The molecule has 3 nitrogen and oxygen atoms in total. The summed E-state index contributed by atoms with van der Waals surface area (Å²) in [5.74, 6) is 1.14. The summed E-state index contributed by atoms with van der Waals surface area (Å²) in [6.07, 6.45) is 10.6. The van der Waals surface area contributed by atoms with Crippen LogP contribution in [0.2, 0.25) is 13.1 Å². The van der Waals surface area contributed by atoms with Crippen molar-refractivity contribution >= 4 is 14.8 Å². The van der Waals surface area contributed by atoms with E-state index in [-0.39, 0.29) is 8.80 Å². The second-order valence-electron chi connectivity index (χ2n) is 6.26. The molecular weight excluding hydrogens is 262 g/mol. The van der Waals surface area contributed by atoms with Gasteiger partial charge in [0, 0.05) is 33.9 Å². The standard InChI is InChI=1S/C16H36N3Si/c1-7-8-9-10-11-12-13-14-17-16(18(2)3)19(4)15-20(5)6/h7-15H2,1-6H3. The normalized spacial score (nSPS) is 12.1. The molecule has 0 bridgehead atoms. The Balaban J connectivity index is 3.92. The van der Waals surface area contributed by atoms with Crippen LogP contribution < -0.4 is 0 Å². The van der Waals surface area contributed by atoms with Crippen LogP contribution in [0.5, 0.6) is 0 Å². The van der Waals surface area contributed by atoms with Gasteiger partial charge in [-0.25, -0.2) is 0 Å². The fourth-order valence-corrected chi connectivity index (χ4v) is 3.49. The molecule has 0 aliphatic carbocycles. The minimum Gasteiger partial charge on any atom is -0.349 e. The Kier molecular flexibility index (Phi) is 11.9. The van der Waals surface area contributed by atoms with Crippen LogP contribution in [0, 0.1) is 0 Å². The second-order valence-corrected chi connectivity index (χ2v) is 8.99. The van der Waals surface area contributed by atoms with Gasteiger partial charge >= 0.3 is 0 Å². The van der Waals surface area contributed by atoms with Crippen LogP contribution in [0.4, 0.5) is 0 Å². The summed E-state index contributed by atoms with van der Waals surface area (Å²) in [5, 5.41) is 0. The topological polar surface area (TPSA) is 18.8 Å². The van der Waals surface area contributed by atoms with Crippen molar-refractivity contribution in [2.75, 3.05) is 33.9 Å². The van der Waals surface area contributed by atoms with Crippen molar-refractivity contribution in [2.45, 2.75) is 65.0 Å². The lowest BCUT2D eigenvalue weighted by Crippen LogP contribution is -2.42. The van der Waals surface area contributed by atoms with E-state index in [1.807, 2.05) is 0 Å². The van der Waals surface area contributed by atoms with Gasteiger partial charge in [0.2, 0.25) is 0 Å². The van der Waals surface area contributed by atoms with E-state index < -0.39 is 0 Å². The van der Waals surface area contributed by atoms with Crippen molar-refractivity contribution in [1.82, 2.24) is 9.80 Å². The first kappa shape index (κ1) is 19.5. The van der Waals surface area contributed by atoms with Crippen molar-refractivity contribution in [1.29, 1.82) is 0 Å².